The lowest BCUT2D eigenvalue weighted by Gasteiger charge is -2.18. The lowest BCUT2D eigenvalue weighted by molar-refractivity contribution is -0.119. The Hall–Kier alpha value is -1.83. The zero-order chi connectivity index (χ0) is 14.4. The summed E-state index contributed by atoms with van der Waals surface area (Å²) >= 11 is 0. The minimum atomic E-state index is -1.12. The largest absolute Gasteiger partial charge is 0.493 e. The molecule has 0 aliphatic carbocycles. The van der Waals surface area contributed by atoms with Gasteiger partial charge < -0.3 is 31.2 Å². The molecule has 1 aromatic carbocycles. The molecule has 0 fully saturated rings. The van der Waals surface area contributed by atoms with Gasteiger partial charge in [-0.15, -0.1) is 0 Å². The first-order valence-electron chi connectivity index (χ1n) is 5.64. The van der Waals surface area contributed by atoms with Crippen molar-refractivity contribution in [1.29, 1.82) is 0 Å². The second-order valence-corrected chi connectivity index (χ2v) is 3.91. The van der Waals surface area contributed by atoms with Crippen LogP contribution in [-0.4, -0.2) is 42.5 Å². The molecule has 19 heavy (non-hydrogen) atoms. The van der Waals surface area contributed by atoms with E-state index in [0.717, 1.165) is 0 Å². The fourth-order valence-electron chi connectivity index (χ4n) is 1.49. The van der Waals surface area contributed by atoms with Crippen molar-refractivity contribution in [2.75, 3.05) is 20.3 Å². The predicted molar refractivity (Wildman–Crippen MR) is 67.7 cm³/mol. The number of primary amides is 1. The standard InChI is InChI=1S/C12H18N2O5/c1-18-10-4-7(12(17)8(15)5-13)2-3-9(10)19-6-11(14)16/h2-4,8,12,15,17H,5-6,13H2,1H3,(H2,14,16). The Labute approximate surface area is 110 Å². The number of hydrogen-bond acceptors (Lipinski definition) is 6. The zero-order valence-electron chi connectivity index (χ0n) is 10.6. The molecule has 0 saturated heterocycles. The van der Waals surface area contributed by atoms with E-state index in [1.807, 2.05) is 0 Å². The van der Waals surface area contributed by atoms with Crippen LogP contribution in [0.4, 0.5) is 0 Å². The lowest BCUT2D eigenvalue weighted by Crippen LogP contribution is -2.27. The van der Waals surface area contributed by atoms with Crippen molar-refractivity contribution in [3.8, 4) is 11.5 Å². The summed E-state index contributed by atoms with van der Waals surface area (Å²) in [7, 11) is 1.42. The van der Waals surface area contributed by atoms with Gasteiger partial charge in [0.05, 0.1) is 13.2 Å². The topological polar surface area (TPSA) is 128 Å². The molecule has 0 aromatic heterocycles. The van der Waals surface area contributed by atoms with Crippen molar-refractivity contribution >= 4 is 5.91 Å². The Morgan fingerprint density at radius 3 is 2.58 bits per heavy atom. The molecule has 0 heterocycles. The Morgan fingerprint density at radius 1 is 1.37 bits per heavy atom. The summed E-state index contributed by atoms with van der Waals surface area (Å²) in [5.74, 6) is 0.0335. The number of benzene rings is 1. The molecule has 0 spiro atoms. The first-order valence-corrected chi connectivity index (χ1v) is 5.64. The number of hydrogen-bond donors (Lipinski definition) is 4. The molecular formula is C12H18N2O5. The Morgan fingerprint density at radius 2 is 2.05 bits per heavy atom. The van der Waals surface area contributed by atoms with Gasteiger partial charge in [-0.2, -0.15) is 0 Å². The number of carbonyl (C=O) groups is 1. The highest BCUT2D eigenvalue weighted by molar-refractivity contribution is 5.75. The molecular weight excluding hydrogens is 252 g/mol. The van der Waals surface area contributed by atoms with Crippen LogP contribution in [0.1, 0.15) is 11.7 Å². The zero-order valence-corrected chi connectivity index (χ0v) is 10.6. The van der Waals surface area contributed by atoms with Gasteiger partial charge in [-0.1, -0.05) is 6.07 Å². The van der Waals surface area contributed by atoms with Gasteiger partial charge in [-0.3, -0.25) is 4.79 Å². The quantitative estimate of drug-likeness (QED) is 0.498. The molecule has 2 unspecified atom stereocenters. The van der Waals surface area contributed by atoms with Crippen LogP contribution in [0.2, 0.25) is 0 Å². The van der Waals surface area contributed by atoms with E-state index >= 15 is 0 Å². The maximum atomic E-state index is 10.6. The van der Waals surface area contributed by atoms with Gasteiger partial charge in [0.1, 0.15) is 6.10 Å². The van der Waals surface area contributed by atoms with Crippen LogP contribution in [0.5, 0.6) is 11.5 Å². The number of aliphatic hydroxyl groups excluding tert-OH is 2. The second-order valence-electron chi connectivity index (χ2n) is 3.91. The molecule has 7 nitrogen and oxygen atoms in total. The summed E-state index contributed by atoms with van der Waals surface area (Å²) < 4.78 is 10.2. The number of carbonyl (C=O) groups excluding carboxylic acids is 1. The lowest BCUT2D eigenvalue weighted by atomic mass is 10.0. The molecule has 0 aliphatic heterocycles. The molecule has 1 amide bonds. The third-order valence-electron chi connectivity index (χ3n) is 2.51. The Bertz CT molecular complexity index is 438. The maximum absolute atomic E-state index is 10.6. The average Bonchev–Trinajstić information content (AvgIpc) is 2.43. The molecule has 0 bridgehead atoms. The molecule has 7 heteroatoms. The van der Waals surface area contributed by atoms with Gasteiger partial charge in [0.15, 0.2) is 18.1 Å². The number of rotatable bonds is 7. The second kappa shape index (κ2) is 6.93. The third kappa shape index (κ3) is 4.09. The summed E-state index contributed by atoms with van der Waals surface area (Å²) in [5, 5.41) is 19.3. The smallest absolute Gasteiger partial charge is 0.255 e. The van der Waals surface area contributed by atoms with E-state index in [1.165, 1.54) is 19.2 Å². The van der Waals surface area contributed by atoms with Crippen LogP contribution >= 0.6 is 0 Å². The molecule has 0 saturated carbocycles. The maximum Gasteiger partial charge on any atom is 0.255 e. The van der Waals surface area contributed by atoms with Crippen molar-refractivity contribution in [3.63, 3.8) is 0 Å². The normalized spacial score (nSPS) is 13.7. The van der Waals surface area contributed by atoms with Gasteiger partial charge in [0, 0.05) is 6.54 Å². The number of nitrogens with two attached hydrogens (primary N) is 2. The van der Waals surface area contributed by atoms with Crippen LogP contribution in [0.15, 0.2) is 18.2 Å². The van der Waals surface area contributed by atoms with E-state index in [-0.39, 0.29) is 13.2 Å². The number of amides is 1. The third-order valence-corrected chi connectivity index (χ3v) is 2.51. The van der Waals surface area contributed by atoms with Gasteiger partial charge >= 0.3 is 0 Å². The summed E-state index contributed by atoms with van der Waals surface area (Å²) in [6.45, 7) is -0.340. The highest BCUT2D eigenvalue weighted by Crippen LogP contribution is 2.31. The Kier molecular flexibility index (Phi) is 5.56. The van der Waals surface area contributed by atoms with Crippen LogP contribution in [0, 0.1) is 0 Å². The summed E-state index contributed by atoms with van der Waals surface area (Å²) in [6, 6.07) is 4.56. The van der Waals surface area contributed by atoms with E-state index < -0.39 is 18.1 Å². The van der Waals surface area contributed by atoms with E-state index in [2.05, 4.69) is 0 Å². The predicted octanol–water partition coefficient (Wildman–Crippen LogP) is -1.09. The van der Waals surface area contributed by atoms with Crippen LogP contribution in [0.3, 0.4) is 0 Å². The van der Waals surface area contributed by atoms with E-state index in [0.29, 0.717) is 17.1 Å². The molecule has 106 valence electrons. The molecule has 0 aliphatic rings. The monoisotopic (exact) mass is 270 g/mol. The van der Waals surface area contributed by atoms with Crippen molar-refractivity contribution in [2.45, 2.75) is 12.2 Å². The highest BCUT2D eigenvalue weighted by Gasteiger charge is 2.18. The highest BCUT2D eigenvalue weighted by atomic mass is 16.5. The van der Waals surface area contributed by atoms with Gasteiger partial charge in [-0.25, -0.2) is 0 Å². The fourth-order valence-corrected chi connectivity index (χ4v) is 1.49. The van der Waals surface area contributed by atoms with Crippen LogP contribution < -0.4 is 20.9 Å². The Balaban J connectivity index is 2.91. The summed E-state index contributed by atoms with van der Waals surface area (Å²) in [5.41, 5.74) is 10.7. The molecule has 1 rings (SSSR count). The van der Waals surface area contributed by atoms with Gasteiger partial charge in [0.2, 0.25) is 0 Å². The van der Waals surface area contributed by atoms with E-state index in [4.69, 9.17) is 20.9 Å². The van der Waals surface area contributed by atoms with Crippen molar-refractivity contribution in [1.82, 2.24) is 0 Å². The first-order chi connectivity index (χ1) is 8.99. The average molecular weight is 270 g/mol. The first kappa shape index (κ1) is 15.2. The minimum Gasteiger partial charge on any atom is -0.493 e. The van der Waals surface area contributed by atoms with Crippen molar-refractivity contribution in [2.24, 2.45) is 11.5 Å². The van der Waals surface area contributed by atoms with Crippen molar-refractivity contribution < 1.29 is 24.5 Å². The van der Waals surface area contributed by atoms with Crippen molar-refractivity contribution in [3.05, 3.63) is 23.8 Å². The molecule has 1 aromatic rings. The molecule has 2 atom stereocenters. The fraction of sp³-hybridized carbons (Fsp3) is 0.417. The number of aliphatic hydroxyl groups is 2. The molecule has 6 N–H and O–H groups in total. The van der Waals surface area contributed by atoms with E-state index in [9.17, 15) is 15.0 Å². The summed E-state index contributed by atoms with van der Waals surface area (Å²) in [6.07, 6.45) is -2.19. The van der Waals surface area contributed by atoms with Crippen LogP contribution in [-0.2, 0) is 4.79 Å². The van der Waals surface area contributed by atoms with E-state index in [1.54, 1.807) is 6.07 Å². The van der Waals surface area contributed by atoms with Crippen LogP contribution in [0.25, 0.3) is 0 Å². The molecule has 0 radical (unpaired) electrons. The number of ether oxygens (including phenoxy) is 2. The van der Waals surface area contributed by atoms with Gasteiger partial charge in [0.25, 0.3) is 5.91 Å². The SMILES string of the molecule is COc1cc(C(O)C(O)CN)ccc1OCC(N)=O. The number of methoxy groups -OCH3 is 1. The minimum absolute atomic E-state index is 0.0661. The van der Waals surface area contributed by atoms with Gasteiger partial charge in [-0.05, 0) is 17.7 Å². The summed E-state index contributed by atoms with van der Waals surface area (Å²) in [4.78, 5) is 10.6.